The lowest BCUT2D eigenvalue weighted by atomic mass is 9.89. The number of hydrogen-bond donors (Lipinski definition) is 1. The van der Waals surface area contributed by atoms with Crippen LogP contribution >= 0.6 is 0 Å². The summed E-state index contributed by atoms with van der Waals surface area (Å²) >= 11 is 0. The van der Waals surface area contributed by atoms with Crippen LogP contribution in [0.4, 0.5) is 0 Å². The molecule has 0 saturated carbocycles. The third-order valence-electron chi connectivity index (χ3n) is 4.81. The molecule has 20 heavy (non-hydrogen) atoms. The van der Waals surface area contributed by atoms with E-state index in [2.05, 4.69) is 67.0 Å². The molecule has 0 radical (unpaired) electrons. The van der Waals surface area contributed by atoms with Gasteiger partial charge in [0, 0.05) is 12.0 Å². The summed E-state index contributed by atoms with van der Waals surface area (Å²) in [4.78, 5) is 0. The first-order chi connectivity index (χ1) is 9.88. The molecule has 2 aliphatic carbocycles. The summed E-state index contributed by atoms with van der Waals surface area (Å²) in [6.45, 7) is 0. The van der Waals surface area contributed by atoms with Gasteiger partial charge < -0.3 is 5.32 Å². The van der Waals surface area contributed by atoms with E-state index in [1.807, 2.05) is 0 Å². The highest BCUT2D eigenvalue weighted by molar-refractivity contribution is 5.79. The summed E-state index contributed by atoms with van der Waals surface area (Å²) < 4.78 is 0. The fourth-order valence-corrected chi connectivity index (χ4v) is 3.84. The van der Waals surface area contributed by atoms with Crippen LogP contribution in [0.25, 0.3) is 5.57 Å². The molecular formula is C19H19N. The van der Waals surface area contributed by atoms with E-state index in [4.69, 9.17) is 0 Å². The van der Waals surface area contributed by atoms with Gasteiger partial charge in [0.15, 0.2) is 0 Å². The van der Waals surface area contributed by atoms with Crippen LogP contribution in [-0.2, 0) is 6.42 Å². The van der Waals surface area contributed by atoms with Crippen molar-refractivity contribution >= 4 is 5.57 Å². The van der Waals surface area contributed by atoms with Gasteiger partial charge in [-0.25, -0.2) is 0 Å². The predicted molar refractivity (Wildman–Crippen MR) is 83.7 cm³/mol. The van der Waals surface area contributed by atoms with E-state index in [9.17, 15) is 0 Å². The van der Waals surface area contributed by atoms with Crippen molar-refractivity contribution < 1.29 is 0 Å². The normalized spacial score (nSPS) is 23.4. The number of nitrogens with one attached hydrogen (secondary N) is 1. The Hall–Kier alpha value is -1.86. The van der Waals surface area contributed by atoms with Crippen molar-refractivity contribution in [2.45, 2.75) is 24.8 Å². The Morgan fingerprint density at radius 2 is 1.70 bits per heavy atom. The average molecular weight is 261 g/mol. The monoisotopic (exact) mass is 261 g/mol. The zero-order valence-electron chi connectivity index (χ0n) is 11.8. The van der Waals surface area contributed by atoms with Gasteiger partial charge in [0.1, 0.15) is 0 Å². The minimum Gasteiger partial charge on any atom is -0.313 e. The van der Waals surface area contributed by atoms with Gasteiger partial charge in [0.05, 0.1) is 0 Å². The highest BCUT2D eigenvalue weighted by Crippen LogP contribution is 2.49. The summed E-state index contributed by atoms with van der Waals surface area (Å²) in [7, 11) is 2.07. The molecule has 2 aliphatic rings. The first kappa shape index (κ1) is 11.9. The van der Waals surface area contributed by atoms with Gasteiger partial charge in [-0.2, -0.15) is 0 Å². The molecule has 1 N–H and O–H groups in total. The number of benzene rings is 2. The quantitative estimate of drug-likeness (QED) is 0.859. The Bertz CT molecular complexity index is 684. The predicted octanol–water partition coefficient (Wildman–Crippen LogP) is 4.07. The van der Waals surface area contributed by atoms with Crippen molar-refractivity contribution in [1.82, 2.24) is 5.32 Å². The molecular weight excluding hydrogens is 242 g/mol. The molecule has 0 heterocycles. The van der Waals surface area contributed by atoms with Crippen LogP contribution < -0.4 is 5.32 Å². The molecule has 0 aliphatic heterocycles. The van der Waals surface area contributed by atoms with E-state index in [1.54, 1.807) is 0 Å². The molecule has 0 saturated heterocycles. The second-order valence-electron chi connectivity index (χ2n) is 5.78. The largest absolute Gasteiger partial charge is 0.313 e. The molecule has 2 aromatic rings. The van der Waals surface area contributed by atoms with Gasteiger partial charge in [-0.15, -0.1) is 0 Å². The number of hydrogen-bond acceptors (Lipinski definition) is 1. The maximum Gasteiger partial charge on any atom is 0.0329 e. The second-order valence-corrected chi connectivity index (χ2v) is 5.78. The highest BCUT2D eigenvalue weighted by Gasteiger charge is 2.33. The van der Waals surface area contributed by atoms with E-state index >= 15 is 0 Å². The molecule has 2 atom stereocenters. The zero-order valence-corrected chi connectivity index (χ0v) is 11.8. The van der Waals surface area contributed by atoms with Crippen molar-refractivity contribution in [3.63, 3.8) is 0 Å². The molecule has 0 spiro atoms. The number of fused-ring (bicyclic) bond motifs is 2. The van der Waals surface area contributed by atoms with Gasteiger partial charge in [-0.05, 0) is 47.7 Å². The van der Waals surface area contributed by atoms with Crippen LogP contribution in [0.3, 0.4) is 0 Å². The van der Waals surface area contributed by atoms with E-state index in [0.717, 1.165) is 6.42 Å². The van der Waals surface area contributed by atoms with Gasteiger partial charge in [-0.3, -0.25) is 0 Å². The van der Waals surface area contributed by atoms with Crippen LogP contribution in [0.2, 0.25) is 0 Å². The molecule has 2 aromatic carbocycles. The van der Waals surface area contributed by atoms with Crippen molar-refractivity contribution in [2.24, 2.45) is 0 Å². The number of rotatable bonds is 2. The van der Waals surface area contributed by atoms with Crippen molar-refractivity contribution in [3.05, 3.63) is 76.9 Å². The summed E-state index contributed by atoms with van der Waals surface area (Å²) in [6, 6.07) is 18.2. The third-order valence-corrected chi connectivity index (χ3v) is 4.81. The molecule has 0 amide bonds. The molecule has 0 aromatic heterocycles. The zero-order chi connectivity index (χ0) is 13.5. The van der Waals surface area contributed by atoms with Crippen molar-refractivity contribution in [2.75, 3.05) is 7.05 Å². The van der Waals surface area contributed by atoms with E-state index in [1.165, 1.54) is 34.2 Å². The van der Waals surface area contributed by atoms with Crippen LogP contribution in [0, 0.1) is 0 Å². The Kier molecular flexibility index (Phi) is 2.75. The Labute approximate surface area is 120 Å². The lowest BCUT2D eigenvalue weighted by Gasteiger charge is -2.15. The van der Waals surface area contributed by atoms with Gasteiger partial charge in [-0.1, -0.05) is 54.6 Å². The molecule has 100 valence electrons. The Balaban J connectivity index is 1.79. The topological polar surface area (TPSA) is 12.0 Å². The van der Waals surface area contributed by atoms with Gasteiger partial charge >= 0.3 is 0 Å². The highest BCUT2D eigenvalue weighted by atomic mass is 14.9. The molecule has 1 nitrogen and oxygen atoms in total. The average Bonchev–Trinajstić information content (AvgIpc) is 3.08. The van der Waals surface area contributed by atoms with E-state index < -0.39 is 0 Å². The second kappa shape index (κ2) is 4.60. The van der Waals surface area contributed by atoms with Gasteiger partial charge in [0.25, 0.3) is 0 Å². The first-order valence-electron chi connectivity index (χ1n) is 7.43. The minimum absolute atomic E-state index is 0.491. The maximum atomic E-state index is 3.47. The van der Waals surface area contributed by atoms with Crippen LogP contribution in [0.15, 0.2) is 54.6 Å². The third kappa shape index (κ3) is 1.66. The summed E-state index contributed by atoms with van der Waals surface area (Å²) in [5.74, 6) is 0.548. The number of allylic oxidation sites excluding steroid dienone is 2. The van der Waals surface area contributed by atoms with E-state index in [0.29, 0.717) is 12.0 Å². The lowest BCUT2D eigenvalue weighted by molar-refractivity contribution is 0.574. The minimum atomic E-state index is 0.491. The molecule has 1 heteroatoms. The summed E-state index contributed by atoms with van der Waals surface area (Å²) in [6.07, 6.45) is 4.70. The molecule has 0 bridgehead atoms. The van der Waals surface area contributed by atoms with Crippen LogP contribution in [0.1, 0.15) is 40.6 Å². The van der Waals surface area contributed by atoms with Crippen molar-refractivity contribution in [1.29, 1.82) is 0 Å². The maximum absolute atomic E-state index is 3.47. The van der Waals surface area contributed by atoms with Crippen LogP contribution in [0.5, 0.6) is 0 Å². The van der Waals surface area contributed by atoms with Crippen molar-refractivity contribution in [3.8, 4) is 0 Å². The van der Waals surface area contributed by atoms with Crippen LogP contribution in [-0.4, -0.2) is 7.05 Å². The summed E-state index contributed by atoms with van der Waals surface area (Å²) in [5, 5.41) is 3.47. The fraction of sp³-hybridized carbons (Fsp3) is 0.263. The van der Waals surface area contributed by atoms with E-state index in [-0.39, 0.29) is 0 Å². The lowest BCUT2D eigenvalue weighted by Crippen LogP contribution is -2.13. The Morgan fingerprint density at radius 1 is 0.950 bits per heavy atom. The van der Waals surface area contributed by atoms with Gasteiger partial charge in [0.2, 0.25) is 0 Å². The molecule has 0 fully saturated rings. The smallest absolute Gasteiger partial charge is 0.0329 e. The first-order valence-corrected chi connectivity index (χ1v) is 7.43. The molecule has 4 rings (SSSR count). The standard InChI is InChI=1S/C19H19N/c1-20-19-12-18(15-8-4-5-9-17(15)19)16-11-10-13-6-2-3-7-14(13)16/h2-9,11,18-20H,10,12H2,1H3/t18-,19+/m1/s1. The SMILES string of the molecule is CN[C@H]1C[C@@H](C2=CCc3ccccc32)c2ccccc21. The Morgan fingerprint density at radius 3 is 2.55 bits per heavy atom. The molecule has 0 unspecified atom stereocenters. The summed E-state index contributed by atoms with van der Waals surface area (Å²) in [5.41, 5.74) is 7.46. The fourth-order valence-electron chi connectivity index (χ4n) is 3.84.